The molecule has 4 atom stereocenters. The summed E-state index contributed by atoms with van der Waals surface area (Å²) in [5.41, 5.74) is -0.798. The monoisotopic (exact) mass is 633 g/mol. The number of amides is 1. The van der Waals surface area contributed by atoms with Gasteiger partial charge in [0.2, 0.25) is 11.6 Å². The lowest BCUT2D eigenvalue weighted by Crippen LogP contribution is -2.69. The van der Waals surface area contributed by atoms with Gasteiger partial charge < -0.3 is 19.6 Å². The Labute approximate surface area is 269 Å². The molecule has 2 aromatic carbocycles. The van der Waals surface area contributed by atoms with E-state index in [1.54, 1.807) is 0 Å². The van der Waals surface area contributed by atoms with Gasteiger partial charge in [-0.1, -0.05) is 80.9 Å². The average Bonchev–Trinajstić information content (AvgIpc) is 3.33. The van der Waals surface area contributed by atoms with Crippen LogP contribution in [0.5, 0.6) is 0 Å². The Bertz CT molecular complexity index is 1340. The van der Waals surface area contributed by atoms with Crippen LogP contribution in [0.1, 0.15) is 98.8 Å². The van der Waals surface area contributed by atoms with Crippen LogP contribution in [-0.2, 0) is 19.2 Å². The van der Waals surface area contributed by atoms with Crippen LogP contribution in [0.3, 0.4) is 0 Å². The van der Waals surface area contributed by atoms with Gasteiger partial charge in [-0.2, -0.15) is 9.78 Å². The molecule has 0 radical (unpaired) electrons. The van der Waals surface area contributed by atoms with Crippen LogP contribution >= 0.6 is 0 Å². The first-order valence-electron chi connectivity index (χ1n) is 17.2. The van der Waals surface area contributed by atoms with Gasteiger partial charge in [-0.25, -0.2) is 4.79 Å². The van der Waals surface area contributed by atoms with Crippen molar-refractivity contribution in [1.29, 1.82) is 0 Å². The Kier molecular flexibility index (Phi) is 7.61. The van der Waals surface area contributed by atoms with Gasteiger partial charge in [-0.05, 0) is 93.0 Å². The highest BCUT2D eigenvalue weighted by atomic mass is 28.4. The molecule has 2 spiro atoms. The molecular formula is C37H51NO6Si. The largest absolute Gasteiger partial charge is 0.444 e. The molecular weight excluding hydrogens is 582 g/mol. The van der Waals surface area contributed by atoms with Crippen molar-refractivity contribution in [1.82, 2.24) is 5.32 Å². The lowest BCUT2D eigenvalue weighted by Gasteiger charge is -2.62. The first-order chi connectivity index (χ1) is 21.3. The quantitative estimate of drug-likeness (QED) is 0.276. The fraction of sp³-hybridized carbons (Fsp3) is 0.649. The first-order valence-corrected chi connectivity index (χ1v) is 19.1. The molecule has 1 aliphatic heterocycles. The fourth-order valence-electron chi connectivity index (χ4n) is 10.2. The second-order valence-corrected chi connectivity index (χ2v) is 20.6. The molecule has 6 aliphatic rings. The van der Waals surface area contributed by atoms with Gasteiger partial charge in [-0.3, -0.25) is 0 Å². The van der Waals surface area contributed by atoms with E-state index in [4.69, 9.17) is 19.2 Å². The third-order valence-electron chi connectivity index (χ3n) is 11.7. The molecule has 2 aromatic rings. The summed E-state index contributed by atoms with van der Waals surface area (Å²) in [7, 11) is -3.12. The van der Waals surface area contributed by atoms with Crippen molar-refractivity contribution < 1.29 is 28.8 Å². The number of carbonyl (C=O) groups excluding carboxylic acids is 1. The summed E-state index contributed by atoms with van der Waals surface area (Å²) >= 11 is 0. The van der Waals surface area contributed by atoms with E-state index in [1.807, 2.05) is 57.2 Å². The maximum Gasteiger partial charge on any atom is 0.408 e. The summed E-state index contributed by atoms with van der Waals surface area (Å²) in [6, 6.07) is 20.6. The Balaban J connectivity index is 1.09. The molecule has 6 fully saturated rings. The van der Waals surface area contributed by atoms with Crippen molar-refractivity contribution in [3.8, 4) is 0 Å². The predicted octanol–water partition coefficient (Wildman–Crippen LogP) is 6.57. The number of hydrogen-bond acceptors (Lipinski definition) is 6. The Morgan fingerprint density at radius 3 is 2.09 bits per heavy atom. The van der Waals surface area contributed by atoms with Gasteiger partial charge in [0.25, 0.3) is 8.32 Å². The molecule has 8 rings (SSSR count). The van der Waals surface area contributed by atoms with E-state index in [-0.39, 0.29) is 28.5 Å². The maximum atomic E-state index is 12.9. The summed E-state index contributed by atoms with van der Waals surface area (Å²) in [5, 5.41) is 5.06. The zero-order chi connectivity index (χ0) is 31.7. The first kappa shape index (κ1) is 31.4. The molecule has 0 aromatic heterocycles. The highest BCUT2D eigenvalue weighted by Gasteiger charge is 2.70. The van der Waals surface area contributed by atoms with Crippen LogP contribution in [0.15, 0.2) is 60.7 Å². The number of ether oxygens (including phenoxy) is 2. The molecule has 2 unspecified atom stereocenters. The second kappa shape index (κ2) is 10.9. The SMILES string of the molecule is CC(C)(C)OC(=O)NC12CC3CC(C1)C1(OO[C@@]4(CCC[C@@H](CC(C)(C)[Si](O)(c5ccccc5)c5ccccc5)C4)O1)C(C3)C2. The summed E-state index contributed by atoms with van der Waals surface area (Å²) < 4.78 is 12.8. The van der Waals surface area contributed by atoms with E-state index in [2.05, 4.69) is 43.4 Å². The normalized spacial score (nSPS) is 36.0. The number of benzene rings is 2. The van der Waals surface area contributed by atoms with Crippen molar-refractivity contribution in [2.75, 3.05) is 0 Å². The molecule has 244 valence electrons. The third kappa shape index (κ3) is 5.48. The van der Waals surface area contributed by atoms with Crippen LogP contribution in [0.25, 0.3) is 0 Å². The Morgan fingerprint density at radius 1 is 0.911 bits per heavy atom. The number of hydrogen-bond donors (Lipinski definition) is 2. The molecule has 2 N–H and O–H groups in total. The second-order valence-electron chi connectivity index (χ2n) is 16.6. The van der Waals surface area contributed by atoms with Crippen molar-refractivity contribution in [3.63, 3.8) is 0 Å². The van der Waals surface area contributed by atoms with Crippen molar-refractivity contribution in [3.05, 3.63) is 60.7 Å². The summed E-state index contributed by atoms with van der Waals surface area (Å²) in [6.07, 6.45) is 8.91. The standard InChI is InChI=1S/C37H51NO6Si/c1-33(2,3)41-32(39)38-35-22-27-19-28(24-35)37(29(20-27)25-35)42-36(43-44-37)18-12-13-26(23-36)21-34(4,5)45(40,30-14-8-6-9-15-30)31-16-10-7-11-17-31/h6-11,14-17,26-29,40H,12-13,18-25H2,1-5H3,(H,38,39)/t26-,27?,28?,29?,35?,36+,37?/m0/s1. The van der Waals surface area contributed by atoms with E-state index in [9.17, 15) is 9.59 Å². The summed E-state index contributed by atoms with van der Waals surface area (Å²) in [4.78, 5) is 38.4. The molecule has 1 amide bonds. The minimum atomic E-state index is -3.12. The minimum Gasteiger partial charge on any atom is -0.444 e. The Morgan fingerprint density at radius 2 is 1.51 bits per heavy atom. The van der Waals surface area contributed by atoms with Crippen LogP contribution in [0, 0.1) is 23.7 Å². The van der Waals surface area contributed by atoms with Crippen LogP contribution in [0.4, 0.5) is 4.79 Å². The molecule has 45 heavy (non-hydrogen) atoms. The number of nitrogens with one attached hydrogen (secondary N) is 1. The Hall–Kier alpha value is -2.23. The van der Waals surface area contributed by atoms with Crippen molar-refractivity contribution in [2.24, 2.45) is 23.7 Å². The minimum absolute atomic E-state index is 0.170. The number of alkyl carbamates (subject to hydrolysis) is 1. The molecule has 1 saturated heterocycles. The van der Waals surface area contributed by atoms with Gasteiger partial charge in [0, 0.05) is 30.2 Å². The maximum absolute atomic E-state index is 12.9. The van der Waals surface area contributed by atoms with Crippen LogP contribution in [0.2, 0.25) is 5.04 Å². The third-order valence-corrected chi connectivity index (χ3v) is 16.2. The summed E-state index contributed by atoms with van der Waals surface area (Å²) in [6.45, 7) is 10.2. The van der Waals surface area contributed by atoms with Crippen molar-refractivity contribution in [2.45, 2.75) is 127 Å². The van der Waals surface area contributed by atoms with Gasteiger partial charge >= 0.3 is 6.09 Å². The highest BCUT2D eigenvalue weighted by Crippen LogP contribution is 2.65. The summed E-state index contributed by atoms with van der Waals surface area (Å²) in [5.74, 6) is -0.301. The van der Waals surface area contributed by atoms with Crippen molar-refractivity contribution >= 4 is 24.8 Å². The number of carbonyl (C=O) groups is 1. The lowest BCUT2D eigenvalue weighted by atomic mass is 9.50. The molecule has 8 heteroatoms. The van der Waals surface area contributed by atoms with E-state index in [0.717, 1.165) is 74.6 Å². The zero-order valence-electron chi connectivity index (χ0n) is 27.6. The van der Waals surface area contributed by atoms with Crippen LogP contribution < -0.4 is 15.7 Å². The molecule has 1 heterocycles. The van der Waals surface area contributed by atoms with Crippen LogP contribution in [-0.4, -0.2) is 41.9 Å². The molecule has 7 nitrogen and oxygen atoms in total. The van der Waals surface area contributed by atoms with E-state index < -0.39 is 25.5 Å². The van der Waals surface area contributed by atoms with E-state index >= 15 is 0 Å². The average molecular weight is 634 g/mol. The van der Waals surface area contributed by atoms with E-state index in [0.29, 0.717) is 11.8 Å². The lowest BCUT2D eigenvalue weighted by molar-refractivity contribution is -0.392. The smallest absolute Gasteiger partial charge is 0.408 e. The topological polar surface area (TPSA) is 86.3 Å². The van der Waals surface area contributed by atoms with Gasteiger partial charge in [0.1, 0.15) is 5.60 Å². The highest BCUT2D eigenvalue weighted by molar-refractivity contribution is 6.98. The van der Waals surface area contributed by atoms with Gasteiger partial charge in [-0.15, -0.1) is 0 Å². The predicted molar refractivity (Wildman–Crippen MR) is 175 cm³/mol. The van der Waals surface area contributed by atoms with Gasteiger partial charge in [0.05, 0.1) is 0 Å². The number of rotatable bonds is 6. The van der Waals surface area contributed by atoms with Gasteiger partial charge in [0.15, 0.2) is 0 Å². The molecule has 5 saturated carbocycles. The molecule has 5 aliphatic carbocycles. The molecule has 4 bridgehead atoms. The fourth-order valence-corrected chi connectivity index (χ4v) is 14.0. The zero-order valence-corrected chi connectivity index (χ0v) is 28.6. The van der Waals surface area contributed by atoms with E-state index in [1.165, 1.54) is 0 Å².